The van der Waals surface area contributed by atoms with Crippen LogP contribution in [0.2, 0.25) is 0 Å². The van der Waals surface area contributed by atoms with Crippen molar-refractivity contribution < 1.29 is 9.13 Å². The fraction of sp³-hybridized carbons (Fsp3) is 1.00. The van der Waals surface area contributed by atoms with Gasteiger partial charge in [0.25, 0.3) is 0 Å². The van der Waals surface area contributed by atoms with E-state index in [0.717, 1.165) is 19.3 Å². The van der Waals surface area contributed by atoms with Gasteiger partial charge in [0.05, 0.1) is 6.61 Å². The van der Waals surface area contributed by atoms with Gasteiger partial charge < -0.3 is 4.74 Å². The normalized spacial score (nSPS) is 14.0. The number of ether oxygens (including phenoxy) is 1. The summed E-state index contributed by atoms with van der Waals surface area (Å²) in [7, 11) is 0. The molecule has 0 aromatic rings. The third-order valence-corrected chi connectivity index (χ3v) is 2.28. The summed E-state index contributed by atoms with van der Waals surface area (Å²) in [6.07, 6.45) is 6.31. The Hall–Kier alpha value is -0.110. The monoisotopic (exact) mass is 220 g/mol. The molecule has 94 valence electrons. The SMILES string of the molecule is CCCC.CCCCCOC(C)(F)CC. The van der Waals surface area contributed by atoms with Crippen molar-refractivity contribution in [3.8, 4) is 0 Å². The standard InChI is InChI=1S/C9H19FO.C4H10/c1-4-6-7-8-11-9(3,10)5-2;1-3-4-2/h4-8H2,1-3H3;3-4H2,1-2H3. The average molecular weight is 220 g/mol. The van der Waals surface area contributed by atoms with Crippen molar-refractivity contribution in [2.45, 2.75) is 79.0 Å². The van der Waals surface area contributed by atoms with Crippen molar-refractivity contribution in [2.24, 2.45) is 0 Å². The topological polar surface area (TPSA) is 9.23 Å². The van der Waals surface area contributed by atoms with Crippen molar-refractivity contribution in [3.05, 3.63) is 0 Å². The summed E-state index contributed by atoms with van der Waals surface area (Å²) in [5, 5.41) is 0. The van der Waals surface area contributed by atoms with Crippen LogP contribution in [0.4, 0.5) is 4.39 Å². The minimum Gasteiger partial charge on any atom is -0.346 e. The number of unbranched alkanes of at least 4 members (excludes halogenated alkanes) is 3. The highest BCUT2D eigenvalue weighted by Crippen LogP contribution is 2.16. The van der Waals surface area contributed by atoms with E-state index in [1.54, 1.807) is 6.92 Å². The minimum absolute atomic E-state index is 0.430. The van der Waals surface area contributed by atoms with E-state index in [1.807, 2.05) is 0 Å². The molecule has 0 rings (SSSR count). The van der Waals surface area contributed by atoms with Crippen LogP contribution in [0.5, 0.6) is 0 Å². The lowest BCUT2D eigenvalue weighted by Crippen LogP contribution is -2.21. The van der Waals surface area contributed by atoms with Gasteiger partial charge in [0.1, 0.15) is 0 Å². The molecule has 1 atom stereocenters. The van der Waals surface area contributed by atoms with E-state index < -0.39 is 5.85 Å². The molecule has 1 unspecified atom stereocenters. The molecule has 0 saturated heterocycles. The highest BCUT2D eigenvalue weighted by atomic mass is 19.2. The van der Waals surface area contributed by atoms with E-state index in [-0.39, 0.29) is 0 Å². The van der Waals surface area contributed by atoms with Gasteiger partial charge in [0, 0.05) is 6.42 Å². The Morgan fingerprint density at radius 3 is 1.80 bits per heavy atom. The van der Waals surface area contributed by atoms with Crippen LogP contribution < -0.4 is 0 Å². The summed E-state index contributed by atoms with van der Waals surface area (Å²) >= 11 is 0. The first-order valence-corrected chi connectivity index (χ1v) is 6.36. The Labute approximate surface area is 95.4 Å². The molecule has 0 aliphatic rings. The molecule has 0 aromatic heterocycles. The van der Waals surface area contributed by atoms with Crippen LogP contribution >= 0.6 is 0 Å². The zero-order valence-corrected chi connectivity index (χ0v) is 11.2. The lowest BCUT2D eigenvalue weighted by Gasteiger charge is -2.18. The fourth-order valence-electron chi connectivity index (χ4n) is 0.739. The summed E-state index contributed by atoms with van der Waals surface area (Å²) in [5.74, 6) is -1.41. The Morgan fingerprint density at radius 1 is 0.933 bits per heavy atom. The van der Waals surface area contributed by atoms with Gasteiger partial charge in [-0.25, -0.2) is 4.39 Å². The van der Waals surface area contributed by atoms with E-state index in [1.165, 1.54) is 19.8 Å². The highest BCUT2D eigenvalue weighted by molar-refractivity contribution is 4.55. The summed E-state index contributed by atoms with van der Waals surface area (Å²) in [6, 6.07) is 0. The molecule has 0 fully saturated rings. The first-order valence-electron chi connectivity index (χ1n) is 6.36. The lowest BCUT2D eigenvalue weighted by atomic mass is 10.2. The van der Waals surface area contributed by atoms with Crippen LogP contribution in [0.3, 0.4) is 0 Å². The number of hydrogen-bond acceptors (Lipinski definition) is 1. The number of halogens is 1. The van der Waals surface area contributed by atoms with Crippen LogP contribution in [0.1, 0.15) is 73.1 Å². The molecule has 15 heavy (non-hydrogen) atoms. The molecule has 0 heterocycles. The van der Waals surface area contributed by atoms with Crippen molar-refractivity contribution in [2.75, 3.05) is 6.61 Å². The Morgan fingerprint density at radius 2 is 1.47 bits per heavy atom. The average Bonchev–Trinajstić information content (AvgIpc) is 2.25. The lowest BCUT2D eigenvalue weighted by molar-refractivity contribution is -0.133. The minimum atomic E-state index is -1.41. The van der Waals surface area contributed by atoms with Crippen molar-refractivity contribution in [3.63, 3.8) is 0 Å². The van der Waals surface area contributed by atoms with Crippen molar-refractivity contribution in [1.82, 2.24) is 0 Å². The summed E-state index contributed by atoms with van der Waals surface area (Å²) < 4.78 is 18.0. The Kier molecular flexibility index (Phi) is 13.8. The maximum Gasteiger partial charge on any atom is 0.206 e. The van der Waals surface area contributed by atoms with Gasteiger partial charge in [0.15, 0.2) is 0 Å². The molecule has 0 aliphatic carbocycles. The molecule has 0 amide bonds. The van der Waals surface area contributed by atoms with Crippen LogP contribution in [-0.2, 0) is 4.74 Å². The second kappa shape index (κ2) is 12.0. The third-order valence-electron chi connectivity index (χ3n) is 2.28. The number of alkyl halides is 1. The second-order valence-electron chi connectivity index (χ2n) is 4.01. The van der Waals surface area contributed by atoms with Crippen molar-refractivity contribution in [1.29, 1.82) is 0 Å². The van der Waals surface area contributed by atoms with Crippen molar-refractivity contribution >= 4 is 0 Å². The molecule has 0 saturated carbocycles. The third kappa shape index (κ3) is 16.6. The van der Waals surface area contributed by atoms with E-state index in [2.05, 4.69) is 20.8 Å². The molecule has 0 aromatic carbocycles. The fourth-order valence-corrected chi connectivity index (χ4v) is 0.739. The maximum absolute atomic E-state index is 13.0. The molecule has 1 nitrogen and oxygen atoms in total. The zero-order chi connectivity index (χ0) is 12.2. The molecular formula is C13H29FO. The number of hydrogen-bond donors (Lipinski definition) is 0. The highest BCUT2D eigenvalue weighted by Gasteiger charge is 2.19. The Bertz CT molecular complexity index is 111. The molecule has 2 heteroatoms. The molecule has 0 spiro atoms. The van der Waals surface area contributed by atoms with Crippen LogP contribution in [0, 0.1) is 0 Å². The smallest absolute Gasteiger partial charge is 0.206 e. The molecule has 0 bridgehead atoms. The quantitative estimate of drug-likeness (QED) is 0.543. The van der Waals surface area contributed by atoms with Crippen LogP contribution in [-0.4, -0.2) is 12.5 Å². The summed E-state index contributed by atoms with van der Waals surface area (Å²) in [5.41, 5.74) is 0. The van der Waals surface area contributed by atoms with E-state index >= 15 is 0 Å². The van der Waals surface area contributed by atoms with Crippen LogP contribution in [0.25, 0.3) is 0 Å². The Balaban J connectivity index is 0. The van der Waals surface area contributed by atoms with E-state index in [0.29, 0.717) is 13.0 Å². The first-order chi connectivity index (χ1) is 7.04. The summed E-state index contributed by atoms with van der Waals surface area (Å²) in [4.78, 5) is 0. The van der Waals surface area contributed by atoms with E-state index in [4.69, 9.17) is 4.74 Å². The molecule has 0 N–H and O–H groups in total. The first kappa shape index (κ1) is 17.3. The largest absolute Gasteiger partial charge is 0.346 e. The zero-order valence-electron chi connectivity index (χ0n) is 11.2. The van der Waals surface area contributed by atoms with Gasteiger partial charge in [0.2, 0.25) is 5.85 Å². The van der Waals surface area contributed by atoms with Gasteiger partial charge in [-0.2, -0.15) is 0 Å². The van der Waals surface area contributed by atoms with Crippen LogP contribution in [0.15, 0.2) is 0 Å². The second-order valence-corrected chi connectivity index (χ2v) is 4.01. The maximum atomic E-state index is 13.0. The number of rotatable bonds is 7. The van der Waals surface area contributed by atoms with Gasteiger partial charge >= 0.3 is 0 Å². The molecular weight excluding hydrogens is 191 g/mol. The van der Waals surface area contributed by atoms with Gasteiger partial charge in [-0.1, -0.05) is 53.4 Å². The van der Waals surface area contributed by atoms with Gasteiger partial charge in [-0.3, -0.25) is 0 Å². The molecule has 0 radical (unpaired) electrons. The van der Waals surface area contributed by atoms with Gasteiger partial charge in [-0.05, 0) is 13.3 Å². The summed E-state index contributed by atoms with van der Waals surface area (Å²) in [6.45, 7) is 10.3. The predicted octanol–water partition coefficient (Wildman–Crippen LogP) is 5.10. The molecule has 0 aliphatic heterocycles. The van der Waals surface area contributed by atoms with Gasteiger partial charge in [-0.15, -0.1) is 0 Å². The predicted molar refractivity (Wildman–Crippen MR) is 65.9 cm³/mol. The van der Waals surface area contributed by atoms with E-state index in [9.17, 15) is 4.39 Å².